The van der Waals surface area contributed by atoms with E-state index in [1.165, 1.54) is 0 Å². The molecule has 1 aliphatic rings. The van der Waals surface area contributed by atoms with Gasteiger partial charge in [0.25, 0.3) is 7.59 Å². The normalized spacial score (nSPS) is 22.4. The van der Waals surface area contributed by atoms with Crippen LogP contribution in [0.2, 0.25) is 0 Å². The highest BCUT2D eigenvalue weighted by Gasteiger charge is 2.45. The summed E-state index contributed by atoms with van der Waals surface area (Å²) in [5.41, 5.74) is 0. The number of alkyl halides is 6. The van der Waals surface area contributed by atoms with E-state index < -0.39 is 37.7 Å². The fraction of sp³-hybridized carbons (Fsp3) is 0.750. The van der Waals surface area contributed by atoms with Crippen molar-refractivity contribution in [1.29, 1.82) is 5.41 Å². The largest absolute Gasteiger partial charge is 0.471 e. The van der Waals surface area contributed by atoms with Crippen molar-refractivity contribution in [3.05, 3.63) is 0 Å². The number of esters is 1. The lowest BCUT2D eigenvalue weighted by Crippen LogP contribution is -2.40. The van der Waals surface area contributed by atoms with E-state index in [9.17, 15) is 4.79 Å². The second kappa shape index (κ2) is 8.69. The number of carbonyl (C=O) groups is 1. The molecule has 138 valence electrons. The van der Waals surface area contributed by atoms with Crippen LogP contribution in [0.25, 0.3) is 0 Å². The van der Waals surface area contributed by atoms with E-state index in [-0.39, 0.29) is 18.9 Å². The summed E-state index contributed by atoms with van der Waals surface area (Å²) in [6, 6.07) is -0.743. The zero-order valence-electron chi connectivity index (χ0n) is 12.5. The van der Waals surface area contributed by atoms with Gasteiger partial charge in [0.2, 0.25) is 11.8 Å². The SMILES string of the molecule is CCOC(=O)C[C@@H]1N=C(C(Cl)(Cl)Cl)O[C@H]1[C@@H](C)OC(=N)C(Cl)(Cl)Cl. The van der Waals surface area contributed by atoms with E-state index in [4.69, 9.17) is 89.2 Å². The van der Waals surface area contributed by atoms with Crippen molar-refractivity contribution in [2.24, 2.45) is 4.99 Å². The van der Waals surface area contributed by atoms with Crippen molar-refractivity contribution in [2.75, 3.05) is 6.61 Å². The minimum absolute atomic E-state index is 0.127. The number of rotatable bonds is 5. The lowest BCUT2D eigenvalue weighted by Gasteiger charge is -2.26. The topological polar surface area (TPSA) is 81.0 Å². The quantitative estimate of drug-likeness (QED) is 0.287. The number of hydrogen-bond acceptors (Lipinski definition) is 6. The third-order valence-electron chi connectivity index (χ3n) is 2.86. The fourth-order valence-corrected chi connectivity index (χ4v) is 2.30. The summed E-state index contributed by atoms with van der Waals surface area (Å²) in [5, 5.41) is 7.60. The third-order valence-corrected chi connectivity index (χ3v) is 3.86. The summed E-state index contributed by atoms with van der Waals surface area (Å²) in [6.45, 7) is 3.43. The van der Waals surface area contributed by atoms with Crippen LogP contribution in [-0.4, -0.2) is 50.2 Å². The van der Waals surface area contributed by atoms with Gasteiger partial charge in [-0.15, -0.1) is 0 Å². The van der Waals surface area contributed by atoms with Crippen LogP contribution >= 0.6 is 69.6 Å². The lowest BCUT2D eigenvalue weighted by atomic mass is 10.0. The Morgan fingerprint density at radius 2 is 1.92 bits per heavy atom. The molecule has 12 heteroatoms. The number of nitrogens with one attached hydrogen (secondary N) is 1. The van der Waals surface area contributed by atoms with Gasteiger partial charge in [0.1, 0.15) is 12.1 Å². The third kappa shape index (κ3) is 6.46. The van der Waals surface area contributed by atoms with Crippen molar-refractivity contribution in [2.45, 2.75) is 46.1 Å². The molecular weight excluding hydrogens is 449 g/mol. The predicted molar refractivity (Wildman–Crippen MR) is 96.2 cm³/mol. The molecule has 6 nitrogen and oxygen atoms in total. The molecule has 3 atom stereocenters. The molecule has 0 saturated carbocycles. The molecule has 0 aromatic rings. The standard InChI is InChI=1S/C12H14Cl6N2O4/c1-3-22-7(21)4-6-8(24-10(20-6)12(16,17)18)5(2)23-9(19)11(13,14)15/h5-6,8,19H,3-4H2,1-2H3/t5-,6+,8+/m1/s1. The van der Waals surface area contributed by atoms with Gasteiger partial charge < -0.3 is 14.2 Å². The molecule has 0 aromatic carbocycles. The number of hydrogen-bond donors (Lipinski definition) is 1. The van der Waals surface area contributed by atoms with Crippen molar-refractivity contribution in [1.82, 2.24) is 0 Å². The maximum absolute atomic E-state index is 11.7. The van der Waals surface area contributed by atoms with Crippen LogP contribution in [0.4, 0.5) is 0 Å². The first-order valence-electron chi connectivity index (χ1n) is 6.66. The van der Waals surface area contributed by atoms with E-state index in [0.717, 1.165) is 0 Å². The molecule has 0 aromatic heterocycles. The Morgan fingerprint density at radius 3 is 2.38 bits per heavy atom. The number of aliphatic imine (C=N–C) groups is 1. The Hall–Kier alpha value is 0.150. The summed E-state index contributed by atoms with van der Waals surface area (Å²) >= 11 is 34.0. The molecule has 0 radical (unpaired) electrons. The highest BCUT2D eigenvalue weighted by atomic mass is 35.6. The average molecular weight is 463 g/mol. The zero-order valence-corrected chi connectivity index (χ0v) is 17.0. The maximum Gasteiger partial charge on any atom is 0.308 e. The van der Waals surface area contributed by atoms with Gasteiger partial charge in [-0.3, -0.25) is 10.2 Å². The van der Waals surface area contributed by atoms with Crippen LogP contribution in [0.5, 0.6) is 0 Å². The van der Waals surface area contributed by atoms with Gasteiger partial charge in [-0.05, 0) is 13.8 Å². The van der Waals surface area contributed by atoms with Gasteiger partial charge in [-0.2, -0.15) is 0 Å². The number of nitrogens with zero attached hydrogens (tertiary/aromatic N) is 1. The molecule has 0 amide bonds. The molecule has 0 saturated heterocycles. The number of ether oxygens (including phenoxy) is 3. The Balaban J connectivity index is 2.90. The highest BCUT2D eigenvalue weighted by molar-refractivity contribution is 6.76. The van der Waals surface area contributed by atoms with Gasteiger partial charge in [0.05, 0.1) is 13.0 Å². The first-order valence-corrected chi connectivity index (χ1v) is 8.92. The Labute approximate surface area is 169 Å². The molecule has 0 unspecified atom stereocenters. The second-order valence-electron chi connectivity index (χ2n) is 4.74. The van der Waals surface area contributed by atoms with Crippen molar-refractivity contribution >= 4 is 87.4 Å². The van der Waals surface area contributed by atoms with Crippen LogP contribution in [0.1, 0.15) is 20.3 Å². The smallest absolute Gasteiger partial charge is 0.308 e. The summed E-state index contributed by atoms with van der Waals surface area (Å²) in [7, 11) is 0. The minimum Gasteiger partial charge on any atom is -0.471 e. The Kier molecular flexibility index (Phi) is 8.04. The highest BCUT2D eigenvalue weighted by Crippen LogP contribution is 2.36. The maximum atomic E-state index is 11.7. The summed E-state index contributed by atoms with van der Waals surface area (Å²) in [5.74, 6) is -1.31. The van der Waals surface area contributed by atoms with Gasteiger partial charge in [-0.25, -0.2) is 4.99 Å². The van der Waals surface area contributed by atoms with E-state index in [2.05, 4.69) is 4.99 Å². The molecule has 0 fully saturated rings. The number of halogens is 6. The molecular formula is C12H14Cl6N2O4. The summed E-state index contributed by atoms with van der Waals surface area (Å²) in [4.78, 5) is 15.8. The molecule has 0 bridgehead atoms. The van der Waals surface area contributed by atoms with Crippen LogP contribution in [0, 0.1) is 5.41 Å². The molecule has 1 aliphatic heterocycles. The van der Waals surface area contributed by atoms with Crippen molar-refractivity contribution in [3.63, 3.8) is 0 Å². The Morgan fingerprint density at radius 1 is 1.33 bits per heavy atom. The molecule has 0 spiro atoms. The first kappa shape index (κ1) is 22.2. The minimum atomic E-state index is -2.04. The first-order chi connectivity index (χ1) is 10.9. The van der Waals surface area contributed by atoms with Crippen LogP contribution in [0.3, 0.4) is 0 Å². The fourth-order valence-electron chi connectivity index (χ4n) is 1.88. The monoisotopic (exact) mass is 460 g/mol. The van der Waals surface area contributed by atoms with E-state index >= 15 is 0 Å². The molecule has 0 aliphatic carbocycles. The van der Waals surface area contributed by atoms with E-state index in [1.54, 1.807) is 13.8 Å². The van der Waals surface area contributed by atoms with Crippen molar-refractivity contribution in [3.8, 4) is 0 Å². The van der Waals surface area contributed by atoms with E-state index in [0.29, 0.717) is 0 Å². The van der Waals surface area contributed by atoms with Crippen molar-refractivity contribution < 1.29 is 19.0 Å². The molecule has 1 heterocycles. The predicted octanol–water partition coefficient (Wildman–Crippen LogP) is 4.23. The summed E-state index contributed by atoms with van der Waals surface area (Å²) < 4.78 is 11.7. The second-order valence-corrected chi connectivity index (χ2v) is 9.30. The Bertz CT molecular complexity index is 517. The van der Waals surface area contributed by atoms with Gasteiger partial charge in [0, 0.05) is 0 Å². The van der Waals surface area contributed by atoms with E-state index in [1.807, 2.05) is 0 Å². The molecule has 1 rings (SSSR count). The van der Waals surface area contributed by atoms with Crippen LogP contribution < -0.4 is 0 Å². The van der Waals surface area contributed by atoms with Gasteiger partial charge >= 0.3 is 5.97 Å². The number of carbonyl (C=O) groups excluding carboxylic acids is 1. The van der Waals surface area contributed by atoms with Crippen LogP contribution in [0.15, 0.2) is 4.99 Å². The van der Waals surface area contributed by atoms with Crippen LogP contribution in [-0.2, 0) is 19.0 Å². The molecule has 1 N–H and O–H groups in total. The zero-order chi connectivity index (χ0) is 18.7. The molecule has 24 heavy (non-hydrogen) atoms. The average Bonchev–Trinajstić information content (AvgIpc) is 2.81. The van der Waals surface area contributed by atoms with Gasteiger partial charge in [-0.1, -0.05) is 69.6 Å². The lowest BCUT2D eigenvalue weighted by molar-refractivity contribution is -0.144. The summed E-state index contributed by atoms with van der Waals surface area (Å²) in [6.07, 6.45) is -1.79. The van der Waals surface area contributed by atoms with Gasteiger partial charge in [0.15, 0.2) is 6.10 Å².